The van der Waals surface area contributed by atoms with Crippen LogP contribution >= 0.6 is 0 Å². The van der Waals surface area contributed by atoms with Gasteiger partial charge < -0.3 is 14.5 Å². The summed E-state index contributed by atoms with van der Waals surface area (Å²) in [6.07, 6.45) is 1.51. The Hall–Kier alpha value is -3.26. The van der Waals surface area contributed by atoms with Crippen LogP contribution < -0.4 is 14.4 Å². The molecule has 2 aromatic carbocycles. The standard InChI is InChI=1S/C22H24N2O5S/c1-3-28-19-10-12-21(13-11-19)30(26,27)24(18-8-6-17(2)7-9-18)16-22(25)23-15-20-5-4-14-29-20/h4-14H,3,15-16H2,1-2H3,(H,23,25). The fraction of sp³-hybridized carbons (Fsp3) is 0.227. The van der Waals surface area contributed by atoms with E-state index in [0.717, 1.165) is 9.87 Å². The Labute approximate surface area is 176 Å². The second-order valence-electron chi connectivity index (χ2n) is 6.61. The second kappa shape index (κ2) is 9.49. The number of hydrogen-bond acceptors (Lipinski definition) is 5. The largest absolute Gasteiger partial charge is 0.494 e. The van der Waals surface area contributed by atoms with Crippen LogP contribution in [0.3, 0.4) is 0 Å². The number of ether oxygens (including phenoxy) is 1. The number of carbonyl (C=O) groups is 1. The summed E-state index contributed by atoms with van der Waals surface area (Å²) >= 11 is 0. The summed E-state index contributed by atoms with van der Waals surface area (Å²) in [5, 5.41) is 2.69. The van der Waals surface area contributed by atoms with Crippen LogP contribution in [0, 0.1) is 6.92 Å². The number of rotatable bonds is 9. The van der Waals surface area contributed by atoms with Crippen molar-refractivity contribution < 1.29 is 22.4 Å². The van der Waals surface area contributed by atoms with Gasteiger partial charge >= 0.3 is 0 Å². The molecular weight excluding hydrogens is 404 g/mol. The minimum Gasteiger partial charge on any atom is -0.494 e. The number of aryl methyl sites for hydroxylation is 1. The van der Waals surface area contributed by atoms with Gasteiger partial charge in [-0.3, -0.25) is 9.10 Å². The van der Waals surface area contributed by atoms with Crippen LogP contribution in [0.25, 0.3) is 0 Å². The highest BCUT2D eigenvalue weighted by Crippen LogP contribution is 2.25. The highest BCUT2D eigenvalue weighted by molar-refractivity contribution is 7.92. The van der Waals surface area contributed by atoms with E-state index in [9.17, 15) is 13.2 Å². The average Bonchev–Trinajstić information content (AvgIpc) is 3.26. The van der Waals surface area contributed by atoms with E-state index in [2.05, 4.69) is 5.32 Å². The van der Waals surface area contributed by atoms with E-state index >= 15 is 0 Å². The highest BCUT2D eigenvalue weighted by Gasteiger charge is 2.27. The van der Waals surface area contributed by atoms with Gasteiger partial charge in [0.25, 0.3) is 10.0 Å². The molecule has 0 bridgehead atoms. The van der Waals surface area contributed by atoms with Crippen molar-refractivity contribution in [3.63, 3.8) is 0 Å². The third kappa shape index (κ3) is 5.21. The first kappa shape index (κ1) is 21.4. The molecule has 0 fully saturated rings. The molecule has 0 aliphatic carbocycles. The van der Waals surface area contributed by atoms with Crippen LogP contribution in [0.2, 0.25) is 0 Å². The number of amides is 1. The lowest BCUT2D eigenvalue weighted by atomic mass is 10.2. The number of hydrogen-bond donors (Lipinski definition) is 1. The second-order valence-corrected chi connectivity index (χ2v) is 8.47. The molecule has 3 aromatic rings. The van der Waals surface area contributed by atoms with Gasteiger partial charge in [-0.25, -0.2) is 8.42 Å². The number of nitrogens with one attached hydrogen (secondary N) is 1. The number of carbonyl (C=O) groups excluding carboxylic acids is 1. The molecule has 3 rings (SSSR count). The Bertz CT molecular complexity index is 1060. The molecular formula is C22H24N2O5S. The van der Waals surface area contributed by atoms with Crippen molar-refractivity contribution in [2.45, 2.75) is 25.3 Å². The number of furan rings is 1. The van der Waals surface area contributed by atoms with Crippen molar-refractivity contribution in [2.75, 3.05) is 17.5 Å². The van der Waals surface area contributed by atoms with E-state index in [4.69, 9.17) is 9.15 Å². The van der Waals surface area contributed by atoms with Gasteiger partial charge in [-0.2, -0.15) is 0 Å². The average molecular weight is 429 g/mol. The summed E-state index contributed by atoms with van der Waals surface area (Å²) in [5.74, 6) is 0.718. The summed E-state index contributed by atoms with van der Waals surface area (Å²) in [5.41, 5.74) is 1.39. The van der Waals surface area contributed by atoms with Crippen LogP contribution in [-0.2, 0) is 21.4 Å². The van der Waals surface area contributed by atoms with Gasteiger partial charge in [0.2, 0.25) is 5.91 Å². The van der Waals surface area contributed by atoms with Gasteiger partial charge in [-0.1, -0.05) is 17.7 Å². The molecule has 0 aliphatic heterocycles. The van der Waals surface area contributed by atoms with Crippen molar-refractivity contribution in [3.05, 3.63) is 78.3 Å². The lowest BCUT2D eigenvalue weighted by Crippen LogP contribution is -2.40. The van der Waals surface area contributed by atoms with E-state index in [1.165, 1.54) is 18.4 Å². The first-order valence-electron chi connectivity index (χ1n) is 9.51. The van der Waals surface area contributed by atoms with Gasteiger partial charge in [0.1, 0.15) is 18.1 Å². The molecule has 0 unspecified atom stereocenters. The molecule has 0 atom stereocenters. The van der Waals surface area contributed by atoms with Gasteiger partial charge in [0, 0.05) is 0 Å². The third-order valence-corrected chi connectivity index (χ3v) is 6.16. The molecule has 7 nitrogen and oxygen atoms in total. The van der Waals surface area contributed by atoms with Crippen LogP contribution in [-0.4, -0.2) is 27.5 Å². The van der Waals surface area contributed by atoms with Gasteiger partial charge in [0.05, 0.1) is 30.0 Å². The summed E-state index contributed by atoms with van der Waals surface area (Å²) in [7, 11) is -3.97. The maximum Gasteiger partial charge on any atom is 0.264 e. The minimum atomic E-state index is -3.97. The summed E-state index contributed by atoms with van der Waals surface area (Å²) in [4.78, 5) is 12.6. The molecule has 1 N–H and O–H groups in total. The molecule has 1 aromatic heterocycles. The van der Waals surface area contributed by atoms with Gasteiger partial charge in [0.15, 0.2) is 0 Å². The Morgan fingerprint density at radius 1 is 1.07 bits per heavy atom. The molecule has 0 saturated carbocycles. The van der Waals surface area contributed by atoms with Gasteiger partial charge in [-0.05, 0) is 62.4 Å². The number of nitrogens with zero attached hydrogens (tertiary/aromatic N) is 1. The number of anilines is 1. The summed E-state index contributed by atoms with van der Waals surface area (Å²) in [6.45, 7) is 4.06. The minimum absolute atomic E-state index is 0.0744. The zero-order chi connectivity index (χ0) is 21.6. The molecule has 158 valence electrons. The lowest BCUT2D eigenvalue weighted by molar-refractivity contribution is -0.119. The molecule has 1 heterocycles. The van der Waals surface area contributed by atoms with Crippen molar-refractivity contribution in [2.24, 2.45) is 0 Å². The van der Waals surface area contributed by atoms with Gasteiger partial charge in [-0.15, -0.1) is 0 Å². The van der Waals surface area contributed by atoms with E-state index in [1.807, 2.05) is 13.8 Å². The molecule has 8 heteroatoms. The van der Waals surface area contributed by atoms with Crippen LogP contribution in [0.1, 0.15) is 18.2 Å². The Balaban J connectivity index is 1.86. The Kier molecular flexibility index (Phi) is 6.79. The highest BCUT2D eigenvalue weighted by atomic mass is 32.2. The molecule has 1 amide bonds. The fourth-order valence-corrected chi connectivity index (χ4v) is 4.23. The molecule has 0 spiro atoms. The topological polar surface area (TPSA) is 88.9 Å². The smallest absolute Gasteiger partial charge is 0.264 e. The maximum absolute atomic E-state index is 13.3. The molecule has 0 radical (unpaired) electrons. The predicted molar refractivity (Wildman–Crippen MR) is 114 cm³/mol. The third-order valence-electron chi connectivity index (χ3n) is 4.37. The van der Waals surface area contributed by atoms with Crippen molar-refractivity contribution in [3.8, 4) is 5.75 Å². The zero-order valence-electron chi connectivity index (χ0n) is 16.9. The fourth-order valence-electron chi connectivity index (χ4n) is 2.81. The molecule has 30 heavy (non-hydrogen) atoms. The predicted octanol–water partition coefficient (Wildman–Crippen LogP) is 3.50. The first-order valence-corrected chi connectivity index (χ1v) is 11.0. The first-order chi connectivity index (χ1) is 14.4. The van der Waals surface area contributed by atoms with Crippen LogP contribution in [0.4, 0.5) is 5.69 Å². The molecule has 0 aliphatic rings. The van der Waals surface area contributed by atoms with Crippen LogP contribution in [0.5, 0.6) is 5.75 Å². The Morgan fingerprint density at radius 3 is 2.37 bits per heavy atom. The van der Waals surface area contributed by atoms with E-state index in [-0.39, 0.29) is 18.0 Å². The number of benzene rings is 2. The number of sulfonamides is 1. The summed E-state index contributed by atoms with van der Waals surface area (Å²) in [6, 6.07) is 16.6. The van der Waals surface area contributed by atoms with Crippen molar-refractivity contribution in [1.82, 2.24) is 5.32 Å². The lowest BCUT2D eigenvalue weighted by Gasteiger charge is -2.24. The van der Waals surface area contributed by atoms with Crippen LogP contribution in [0.15, 0.2) is 76.2 Å². The van der Waals surface area contributed by atoms with Crippen molar-refractivity contribution in [1.29, 1.82) is 0 Å². The normalized spacial score (nSPS) is 11.1. The van der Waals surface area contributed by atoms with Crippen molar-refractivity contribution >= 4 is 21.6 Å². The maximum atomic E-state index is 13.3. The SMILES string of the molecule is CCOc1ccc(S(=O)(=O)N(CC(=O)NCc2ccco2)c2ccc(C)cc2)cc1. The van der Waals surface area contributed by atoms with E-state index in [0.29, 0.717) is 23.8 Å². The summed E-state index contributed by atoms with van der Waals surface area (Å²) < 4.78 is 38.4. The zero-order valence-corrected chi connectivity index (χ0v) is 17.7. The quantitative estimate of drug-likeness (QED) is 0.564. The van der Waals surface area contributed by atoms with E-state index in [1.54, 1.807) is 48.5 Å². The van der Waals surface area contributed by atoms with E-state index < -0.39 is 15.9 Å². The monoisotopic (exact) mass is 428 g/mol. The molecule has 0 saturated heterocycles. The Morgan fingerprint density at radius 2 is 1.77 bits per heavy atom.